The molecule has 0 saturated carbocycles. The molecule has 5 nitrogen and oxygen atoms in total. The lowest BCUT2D eigenvalue weighted by atomic mass is 10.0. The Bertz CT molecular complexity index is 574. The molecule has 0 amide bonds. The molecule has 5 heteroatoms. The van der Waals surface area contributed by atoms with Gasteiger partial charge in [-0.2, -0.15) is 5.26 Å². The second-order valence-electron chi connectivity index (χ2n) is 8.48. The zero-order valence-corrected chi connectivity index (χ0v) is 19.7. The van der Waals surface area contributed by atoms with E-state index in [1.165, 1.54) is 89.7 Å². The van der Waals surface area contributed by atoms with Crippen LogP contribution in [0.4, 0.5) is 0 Å². The van der Waals surface area contributed by atoms with Gasteiger partial charge in [0.05, 0.1) is 25.4 Å². The minimum Gasteiger partial charge on any atom is -0.394 e. The summed E-state index contributed by atoms with van der Waals surface area (Å²) in [6.07, 6.45) is 21.7. The van der Waals surface area contributed by atoms with Crippen LogP contribution in [0.5, 0.6) is 0 Å². The maximum absolute atomic E-state index is 9.46. The minimum atomic E-state index is -0.350. The summed E-state index contributed by atoms with van der Waals surface area (Å²) in [4.78, 5) is 4.01. The summed E-state index contributed by atoms with van der Waals surface area (Å²) in [5, 5.41) is 18.4. The average molecular weight is 433 g/mol. The van der Waals surface area contributed by atoms with Crippen LogP contribution < -0.4 is 0 Å². The highest BCUT2D eigenvalue weighted by Crippen LogP contribution is 2.13. The van der Waals surface area contributed by atoms with E-state index in [1.54, 1.807) is 12.3 Å². The van der Waals surface area contributed by atoms with Gasteiger partial charge in [-0.25, -0.2) is 0 Å². The predicted molar refractivity (Wildman–Crippen MR) is 126 cm³/mol. The molecule has 1 N–H and O–H groups in total. The standard InChI is InChI=1S/C26H44N2O3/c1-2-3-4-5-6-7-8-9-10-11-12-13-14-15-16-30-23-26(21-29)31-22-25-17-24(18-27)19-28-20-25/h17,19-20,26,29H,2-16,21-23H2,1H3/t26-/m0/s1. The third-order valence-corrected chi connectivity index (χ3v) is 5.56. The van der Waals surface area contributed by atoms with Gasteiger partial charge in [0.1, 0.15) is 12.2 Å². The maximum atomic E-state index is 9.46. The van der Waals surface area contributed by atoms with Crippen LogP contribution in [0.25, 0.3) is 0 Å². The predicted octanol–water partition coefficient (Wildman–Crippen LogP) is 6.33. The first-order valence-corrected chi connectivity index (χ1v) is 12.4. The lowest BCUT2D eigenvalue weighted by molar-refractivity contribution is -0.0503. The van der Waals surface area contributed by atoms with Gasteiger partial charge in [-0.15, -0.1) is 0 Å². The molecule has 0 aromatic carbocycles. The Kier molecular flexibility index (Phi) is 18.2. The van der Waals surface area contributed by atoms with Gasteiger partial charge in [0.25, 0.3) is 0 Å². The van der Waals surface area contributed by atoms with Gasteiger partial charge in [-0.3, -0.25) is 4.98 Å². The zero-order chi connectivity index (χ0) is 22.4. The van der Waals surface area contributed by atoms with Crippen molar-refractivity contribution in [2.75, 3.05) is 19.8 Å². The molecular weight excluding hydrogens is 388 g/mol. The summed E-state index contributed by atoms with van der Waals surface area (Å²) in [6, 6.07) is 3.81. The number of aliphatic hydroxyl groups excluding tert-OH is 1. The molecule has 1 rings (SSSR count). The maximum Gasteiger partial charge on any atom is 0.104 e. The van der Waals surface area contributed by atoms with Gasteiger partial charge in [0.15, 0.2) is 0 Å². The molecule has 0 aliphatic rings. The molecule has 0 radical (unpaired) electrons. The van der Waals surface area contributed by atoms with Crippen molar-refractivity contribution in [1.29, 1.82) is 5.26 Å². The van der Waals surface area contributed by atoms with E-state index in [0.29, 0.717) is 25.4 Å². The highest BCUT2D eigenvalue weighted by atomic mass is 16.5. The number of hydrogen-bond acceptors (Lipinski definition) is 5. The average Bonchev–Trinajstić information content (AvgIpc) is 2.80. The third kappa shape index (κ3) is 15.9. The molecule has 1 heterocycles. The number of pyridine rings is 1. The van der Waals surface area contributed by atoms with Crippen molar-refractivity contribution in [3.8, 4) is 6.07 Å². The fourth-order valence-electron chi connectivity index (χ4n) is 3.61. The van der Waals surface area contributed by atoms with Crippen molar-refractivity contribution in [2.24, 2.45) is 0 Å². The topological polar surface area (TPSA) is 75.4 Å². The van der Waals surface area contributed by atoms with E-state index in [9.17, 15) is 5.11 Å². The van der Waals surface area contributed by atoms with E-state index < -0.39 is 0 Å². The Labute approximate surface area is 190 Å². The molecule has 0 aliphatic carbocycles. The van der Waals surface area contributed by atoms with Crippen molar-refractivity contribution >= 4 is 0 Å². The number of aliphatic hydroxyl groups is 1. The first kappa shape index (κ1) is 27.6. The molecule has 31 heavy (non-hydrogen) atoms. The Balaban J connectivity index is 1.88. The minimum absolute atomic E-state index is 0.0793. The number of rotatable bonds is 21. The van der Waals surface area contributed by atoms with Crippen LogP contribution >= 0.6 is 0 Å². The summed E-state index contributed by atoms with van der Waals surface area (Å²) in [6.45, 7) is 3.61. The fraction of sp³-hybridized carbons (Fsp3) is 0.769. The normalized spacial score (nSPS) is 12.0. The summed E-state index contributed by atoms with van der Waals surface area (Å²) < 4.78 is 11.4. The van der Waals surface area contributed by atoms with Gasteiger partial charge in [-0.1, -0.05) is 90.4 Å². The Morgan fingerprint density at radius 3 is 2.03 bits per heavy atom. The second kappa shape index (κ2) is 20.4. The summed E-state index contributed by atoms with van der Waals surface area (Å²) in [5.41, 5.74) is 1.33. The molecular formula is C26H44N2O3. The largest absolute Gasteiger partial charge is 0.394 e. The van der Waals surface area contributed by atoms with Crippen LogP contribution in [0, 0.1) is 11.3 Å². The summed E-state index contributed by atoms with van der Waals surface area (Å²) >= 11 is 0. The van der Waals surface area contributed by atoms with Crippen LogP contribution in [0.1, 0.15) is 108 Å². The molecule has 0 aliphatic heterocycles. The van der Waals surface area contributed by atoms with E-state index in [2.05, 4.69) is 18.0 Å². The van der Waals surface area contributed by atoms with E-state index in [4.69, 9.17) is 14.7 Å². The quantitative estimate of drug-likeness (QED) is 0.230. The molecule has 1 aromatic rings. The molecule has 0 spiro atoms. The van der Waals surface area contributed by atoms with E-state index in [0.717, 1.165) is 12.0 Å². The number of unbranched alkanes of at least 4 members (excludes halogenated alkanes) is 13. The van der Waals surface area contributed by atoms with Gasteiger partial charge in [0, 0.05) is 19.0 Å². The van der Waals surface area contributed by atoms with Crippen LogP contribution in [-0.2, 0) is 16.1 Å². The third-order valence-electron chi connectivity index (χ3n) is 5.56. The van der Waals surface area contributed by atoms with Crippen molar-refractivity contribution in [3.63, 3.8) is 0 Å². The van der Waals surface area contributed by atoms with Gasteiger partial charge in [0.2, 0.25) is 0 Å². The summed E-state index contributed by atoms with van der Waals surface area (Å²) in [5.74, 6) is 0. The Hall–Kier alpha value is -1.48. The smallest absolute Gasteiger partial charge is 0.104 e. The van der Waals surface area contributed by atoms with E-state index >= 15 is 0 Å². The van der Waals surface area contributed by atoms with Gasteiger partial charge in [-0.05, 0) is 18.1 Å². The van der Waals surface area contributed by atoms with Crippen LogP contribution in [0.15, 0.2) is 18.5 Å². The van der Waals surface area contributed by atoms with Crippen LogP contribution in [0.3, 0.4) is 0 Å². The number of ether oxygens (including phenoxy) is 2. The van der Waals surface area contributed by atoms with Crippen molar-refractivity contribution in [2.45, 2.75) is 110 Å². The number of aromatic nitrogens is 1. The van der Waals surface area contributed by atoms with Gasteiger partial charge >= 0.3 is 0 Å². The lowest BCUT2D eigenvalue weighted by Crippen LogP contribution is -2.24. The number of nitriles is 1. The number of nitrogens with zero attached hydrogens (tertiary/aromatic N) is 2. The molecule has 0 fully saturated rings. The molecule has 0 saturated heterocycles. The van der Waals surface area contributed by atoms with Crippen molar-refractivity contribution in [3.05, 3.63) is 29.6 Å². The first-order valence-electron chi connectivity index (χ1n) is 12.4. The van der Waals surface area contributed by atoms with Crippen molar-refractivity contribution < 1.29 is 14.6 Å². The highest BCUT2D eigenvalue weighted by molar-refractivity contribution is 5.28. The fourth-order valence-corrected chi connectivity index (χ4v) is 3.61. The molecule has 176 valence electrons. The zero-order valence-electron chi connectivity index (χ0n) is 19.7. The molecule has 1 aromatic heterocycles. The van der Waals surface area contributed by atoms with Crippen LogP contribution in [-0.4, -0.2) is 36.0 Å². The van der Waals surface area contributed by atoms with E-state index in [1.807, 2.05) is 0 Å². The van der Waals surface area contributed by atoms with E-state index in [-0.39, 0.29) is 12.7 Å². The highest BCUT2D eigenvalue weighted by Gasteiger charge is 2.09. The van der Waals surface area contributed by atoms with Gasteiger partial charge < -0.3 is 14.6 Å². The second-order valence-corrected chi connectivity index (χ2v) is 8.48. The molecule has 1 atom stereocenters. The summed E-state index contributed by atoms with van der Waals surface area (Å²) in [7, 11) is 0. The SMILES string of the molecule is CCCCCCCCCCCCCCCCOC[C@H](CO)OCc1cncc(C#N)c1. The lowest BCUT2D eigenvalue weighted by Gasteiger charge is -2.15. The van der Waals surface area contributed by atoms with Crippen LogP contribution in [0.2, 0.25) is 0 Å². The Morgan fingerprint density at radius 1 is 0.903 bits per heavy atom. The van der Waals surface area contributed by atoms with Crippen molar-refractivity contribution in [1.82, 2.24) is 4.98 Å². The number of hydrogen-bond donors (Lipinski definition) is 1. The first-order chi connectivity index (χ1) is 15.3. The molecule has 0 unspecified atom stereocenters. The molecule has 0 bridgehead atoms. The Morgan fingerprint density at radius 2 is 1.48 bits per heavy atom. The monoisotopic (exact) mass is 432 g/mol.